The minimum Gasteiger partial charge on any atom is -0.453 e. The second-order valence-corrected chi connectivity index (χ2v) is 6.02. The molecule has 0 bridgehead atoms. The van der Waals surface area contributed by atoms with Gasteiger partial charge in [0.25, 0.3) is 0 Å². The first-order chi connectivity index (χ1) is 9.70. The number of methoxy groups -OCH3 is 1. The second kappa shape index (κ2) is 5.60. The lowest BCUT2D eigenvalue weighted by Gasteiger charge is -2.36. The first kappa shape index (κ1) is 13.7. The van der Waals surface area contributed by atoms with E-state index in [9.17, 15) is 9.59 Å². The fourth-order valence-electron chi connectivity index (χ4n) is 3.89. The molecule has 6 nitrogen and oxygen atoms in total. The van der Waals surface area contributed by atoms with Gasteiger partial charge in [0.05, 0.1) is 13.2 Å². The molecule has 1 N–H and O–H groups in total. The molecule has 2 saturated heterocycles. The van der Waals surface area contributed by atoms with E-state index < -0.39 is 0 Å². The van der Waals surface area contributed by atoms with Crippen LogP contribution in [-0.4, -0.2) is 67.7 Å². The molecule has 3 fully saturated rings. The summed E-state index contributed by atoms with van der Waals surface area (Å²) in [4.78, 5) is 27.6. The molecule has 3 rings (SSSR count). The summed E-state index contributed by atoms with van der Waals surface area (Å²) in [7, 11) is 1.39. The Bertz CT molecular complexity index is 393. The highest BCUT2D eigenvalue weighted by molar-refractivity contribution is 5.83. The predicted octanol–water partition coefficient (Wildman–Crippen LogP) is 0.285. The van der Waals surface area contributed by atoms with Gasteiger partial charge in [-0.25, -0.2) is 4.79 Å². The van der Waals surface area contributed by atoms with Gasteiger partial charge >= 0.3 is 6.09 Å². The number of carbonyl (C=O) groups excluding carboxylic acids is 2. The van der Waals surface area contributed by atoms with E-state index in [1.165, 1.54) is 26.4 Å². The summed E-state index contributed by atoms with van der Waals surface area (Å²) in [6.45, 7) is 3.36. The van der Waals surface area contributed by atoms with Gasteiger partial charge in [0.2, 0.25) is 5.91 Å². The van der Waals surface area contributed by atoms with Crippen LogP contribution in [0.2, 0.25) is 0 Å². The standard InChI is InChI=1S/C14H23N3O3/c1-20-14(19)17-7-5-16(6-8-17)13(18)12-11-4-2-3-10(11)9-15-12/h10-12,15H,2-9H2,1H3. The largest absolute Gasteiger partial charge is 0.453 e. The fraction of sp³-hybridized carbons (Fsp3) is 0.857. The number of nitrogens with one attached hydrogen (secondary N) is 1. The molecule has 20 heavy (non-hydrogen) atoms. The van der Waals surface area contributed by atoms with Crippen LogP contribution in [0.5, 0.6) is 0 Å². The van der Waals surface area contributed by atoms with Crippen molar-refractivity contribution in [1.82, 2.24) is 15.1 Å². The first-order valence-corrected chi connectivity index (χ1v) is 7.56. The molecule has 0 radical (unpaired) electrons. The summed E-state index contributed by atoms with van der Waals surface area (Å²) in [6.07, 6.45) is 3.40. The van der Waals surface area contributed by atoms with Crippen LogP contribution in [0.3, 0.4) is 0 Å². The number of hydrogen-bond acceptors (Lipinski definition) is 4. The van der Waals surface area contributed by atoms with Gasteiger partial charge in [-0.1, -0.05) is 6.42 Å². The monoisotopic (exact) mass is 281 g/mol. The fourth-order valence-corrected chi connectivity index (χ4v) is 3.89. The Kier molecular flexibility index (Phi) is 3.83. The third-order valence-electron chi connectivity index (χ3n) is 5.04. The third kappa shape index (κ3) is 2.37. The number of carbonyl (C=O) groups is 2. The Morgan fingerprint density at radius 1 is 1.10 bits per heavy atom. The maximum atomic E-state index is 12.6. The van der Waals surface area contributed by atoms with Gasteiger partial charge in [0.1, 0.15) is 0 Å². The summed E-state index contributed by atoms with van der Waals surface area (Å²) in [5, 5.41) is 3.40. The zero-order valence-corrected chi connectivity index (χ0v) is 12.0. The second-order valence-electron chi connectivity index (χ2n) is 6.02. The maximum absolute atomic E-state index is 12.6. The van der Waals surface area contributed by atoms with Crippen molar-refractivity contribution in [3.63, 3.8) is 0 Å². The van der Waals surface area contributed by atoms with Gasteiger partial charge in [0.15, 0.2) is 0 Å². The van der Waals surface area contributed by atoms with Crippen molar-refractivity contribution in [2.24, 2.45) is 11.8 Å². The molecule has 6 heteroatoms. The van der Waals surface area contributed by atoms with E-state index in [0.717, 1.165) is 6.54 Å². The Morgan fingerprint density at radius 2 is 1.80 bits per heavy atom. The van der Waals surface area contributed by atoms with E-state index in [2.05, 4.69) is 5.32 Å². The average molecular weight is 281 g/mol. The zero-order valence-electron chi connectivity index (χ0n) is 12.0. The highest BCUT2D eigenvalue weighted by Gasteiger charge is 2.44. The molecular weight excluding hydrogens is 258 g/mol. The van der Waals surface area contributed by atoms with Crippen molar-refractivity contribution < 1.29 is 14.3 Å². The molecule has 0 aromatic heterocycles. The topological polar surface area (TPSA) is 61.9 Å². The number of piperazine rings is 1. The molecule has 0 spiro atoms. The normalized spacial score (nSPS) is 33.1. The lowest BCUT2D eigenvalue weighted by atomic mass is 9.93. The molecule has 3 aliphatic rings. The average Bonchev–Trinajstić information content (AvgIpc) is 3.08. The first-order valence-electron chi connectivity index (χ1n) is 7.56. The Hall–Kier alpha value is -1.30. The number of hydrogen-bond donors (Lipinski definition) is 1. The number of fused-ring (bicyclic) bond motifs is 1. The number of ether oxygens (including phenoxy) is 1. The van der Waals surface area contributed by atoms with Crippen molar-refractivity contribution in [2.45, 2.75) is 25.3 Å². The van der Waals surface area contributed by atoms with E-state index in [-0.39, 0.29) is 18.0 Å². The molecule has 0 aromatic carbocycles. The van der Waals surface area contributed by atoms with E-state index >= 15 is 0 Å². The molecule has 112 valence electrons. The van der Waals surface area contributed by atoms with Crippen LogP contribution in [0.25, 0.3) is 0 Å². The molecule has 2 aliphatic heterocycles. The molecule has 0 aromatic rings. The minimum atomic E-state index is -0.299. The van der Waals surface area contributed by atoms with Gasteiger partial charge < -0.3 is 19.9 Å². The molecule has 3 unspecified atom stereocenters. The van der Waals surface area contributed by atoms with Gasteiger partial charge in [-0.15, -0.1) is 0 Å². The highest BCUT2D eigenvalue weighted by Crippen LogP contribution is 2.38. The molecule has 1 saturated carbocycles. The van der Waals surface area contributed by atoms with Crippen LogP contribution in [0.4, 0.5) is 4.79 Å². The molecule has 2 amide bonds. The van der Waals surface area contributed by atoms with Crippen LogP contribution < -0.4 is 5.32 Å². The van der Waals surface area contributed by atoms with Crippen molar-refractivity contribution in [1.29, 1.82) is 0 Å². The van der Waals surface area contributed by atoms with Gasteiger partial charge in [-0.3, -0.25) is 4.79 Å². The Morgan fingerprint density at radius 3 is 2.50 bits per heavy atom. The van der Waals surface area contributed by atoms with E-state index in [1.807, 2.05) is 4.90 Å². The third-order valence-corrected chi connectivity index (χ3v) is 5.04. The van der Waals surface area contributed by atoms with E-state index in [4.69, 9.17) is 4.74 Å². The summed E-state index contributed by atoms with van der Waals surface area (Å²) in [5.41, 5.74) is 0. The highest BCUT2D eigenvalue weighted by atomic mass is 16.5. The van der Waals surface area contributed by atoms with Crippen LogP contribution >= 0.6 is 0 Å². The van der Waals surface area contributed by atoms with Crippen LogP contribution in [-0.2, 0) is 9.53 Å². The van der Waals surface area contributed by atoms with Crippen molar-refractivity contribution in [3.8, 4) is 0 Å². The summed E-state index contributed by atoms with van der Waals surface area (Å²) in [6, 6.07) is 0.00665. The molecule has 3 atom stereocenters. The van der Waals surface area contributed by atoms with Gasteiger partial charge in [-0.05, 0) is 31.2 Å². The number of rotatable bonds is 1. The maximum Gasteiger partial charge on any atom is 0.409 e. The van der Waals surface area contributed by atoms with E-state index in [1.54, 1.807) is 4.90 Å². The van der Waals surface area contributed by atoms with E-state index in [0.29, 0.717) is 38.0 Å². The summed E-state index contributed by atoms with van der Waals surface area (Å²) in [5.74, 6) is 1.45. The quantitative estimate of drug-likeness (QED) is 0.750. The number of amides is 2. The van der Waals surface area contributed by atoms with Gasteiger partial charge in [-0.2, -0.15) is 0 Å². The lowest BCUT2D eigenvalue weighted by Crippen LogP contribution is -2.55. The van der Waals surface area contributed by atoms with Crippen LogP contribution in [0, 0.1) is 11.8 Å². The SMILES string of the molecule is COC(=O)N1CCN(C(=O)C2NCC3CCCC32)CC1. The van der Waals surface area contributed by atoms with Crippen LogP contribution in [0.1, 0.15) is 19.3 Å². The smallest absolute Gasteiger partial charge is 0.409 e. The molecule has 1 aliphatic carbocycles. The lowest BCUT2D eigenvalue weighted by molar-refractivity contribution is -0.135. The minimum absolute atomic E-state index is 0.00665. The zero-order chi connectivity index (χ0) is 14.1. The summed E-state index contributed by atoms with van der Waals surface area (Å²) < 4.78 is 4.71. The number of nitrogens with zero attached hydrogens (tertiary/aromatic N) is 2. The van der Waals surface area contributed by atoms with Crippen molar-refractivity contribution >= 4 is 12.0 Å². The molecular formula is C14H23N3O3. The van der Waals surface area contributed by atoms with Crippen molar-refractivity contribution in [2.75, 3.05) is 39.8 Å². The predicted molar refractivity (Wildman–Crippen MR) is 73.2 cm³/mol. The molecule has 2 heterocycles. The van der Waals surface area contributed by atoms with Gasteiger partial charge in [0, 0.05) is 26.2 Å². The Balaban J connectivity index is 1.55. The van der Waals surface area contributed by atoms with Crippen LogP contribution in [0.15, 0.2) is 0 Å². The van der Waals surface area contributed by atoms with Crippen molar-refractivity contribution in [3.05, 3.63) is 0 Å². The Labute approximate surface area is 119 Å². The summed E-state index contributed by atoms with van der Waals surface area (Å²) >= 11 is 0.